The second-order valence-corrected chi connectivity index (χ2v) is 18.5. The van der Waals surface area contributed by atoms with Gasteiger partial charge in [-0.15, -0.1) is 0 Å². The Morgan fingerprint density at radius 1 is 0.333 bits per heavy atom. The standard InChI is InChI=1S/C57H104O6/c1-4-7-10-13-16-19-21-23-24-25-26-27-28-29-30-31-32-34-35-38-41-44-47-50-56(59)62-53-54(52-61-55(58)49-46-43-40-37-18-15-12-9-6-3)63-57(60)51-48-45-42-39-36-33-22-20-17-14-11-8-5-2/h8,11,17,20,33,36,54H,4-7,9-10,12-16,18-19,21-32,34-35,37-53H2,1-3H3/b11-8-,20-17-,36-33-. The molecule has 6 nitrogen and oxygen atoms in total. The van der Waals surface area contributed by atoms with Gasteiger partial charge in [0, 0.05) is 19.3 Å². The molecule has 0 aliphatic carbocycles. The zero-order valence-corrected chi connectivity index (χ0v) is 42.1. The normalized spacial score (nSPS) is 12.2. The van der Waals surface area contributed by atoms with Gasteiger partial charge in [0.2, 0.25) is 0 Å². The van der Waals surface area contributed by atoms with Crippen molar-refractivity contribution in [2.45, 2.75) is 297 Å². The molecule has 0 rings (SSSR count). The van der Waals surface area contributed by atoms with E-state index in [0.29, 0.717) is 19.3 Å². The number of unbranched alkanes of at least 4 members (excludes halogenated alkanes) is 33. The van der Waals surface area contributed by atoms with E-state index in [9.17, 15) is 14.4 Å². The van der Waals surface area contributed by atoms with Crippen LogP contribution in [-0.2, 0) is 28.6 Å². The Hall–Kier alpha value is -2.37. The van der Waals surface area contributed by atoms with E-state index in [4.69, 9.17) is 14.2 Å². The largest absolute Gasteiger partial charge is 0.462 e. The summed E-state index contributed by atoms with van der Waals surface area (Å²) >= 11 is 0. The lowest BCUT2D eigenvalue weighted by Gasteiger charge is -2.18. The Balaban J connectivity index is 4.18. The Bertz CT molecular complexity index is 1060. The summed E-state index contributed by atoms with van der Waals surface area (Å²) in [5, 5.41) is 0. The van der Waals surface area contributed by atoms with E-state index in [1.54, 1.807) is 0 Å². The number of carbonyl (C=O) groups excluding carboxylic acids is 3. The molecule has 0 radical (unpaired) electrons. The molecule has 0 aromatic heterocycles. The zero-order valence-electron chi connectivity index (χ0n) is 42.1. The molecule has 0 saturated heterocycles. The minimum absolute atomic E-state index is 0.0800. The highest BCUT2D eigenvalue weighted by molar-refractivity contribution is 5.71. The average Bonchev–Trinajstić information content (AvgIpc) is 3.28. The maximum absolute atomic E-state index is 12.8. The summed E-state index contributed by atoms with van der Waals surface area (Å²) < 4.78 is 16.8. The first-order valence-corrected chi connectivity index (χ1v) is 27.5. The topological polar surface area (TPSA) is 78.9 Å². The van der Waals surface area contributed by atoms with E-state index >= 15 is 0 Å². The number of rotatable bonds is 50. The van der Waals surface area contributed by atoms with Gasteiger partial charge in [-0.1, -0.05) is 256 Å². The third kappa shape index (κ3) is 50.5. The number of esters is 3. The third-order valence-electron chi connectivity index (χ3n) is 12.2. The molecule has 0 bridgehead atoms. The van der Waals surface area contributed by atoms with Gasteiger partial charge in [-0.25, -0.2) is 0 Å². The van der Waals surface area contributed by atoms with Crippen molar-refractivity contribution in [2.75, 3.05) is 13.2 Å². The van der Waals surface area contributed by atoms with Crippen LogP contribution in [0.25, 0.3) is 0 Å². The van der Waals surface area contributed by atoms with Crippen molar-refractivity contribution in [2.24, 2.45) is 0 Å². The van der Waals surface area contributed by atoms with Crippen molar-refractivity contribution in [3.05, 3.63) is 36.5 Å². The number of ether oxygens (including phenoxy) is 3. The summed E-state index contributed by atoms with van der Waals surface area (Å²) in [5.41, 5.74) is 0. The smallest absolute Gasteiger partial charge is 0.306 e. The summed E-state index contributed by atoms with van der Waals surface area (Å²) in [6.07, 6.45) is 61.6. The molecule has 368 valence electrons. The van der Waals surface area contributed by atoms with Crippen LogP contribution in [0.5, 0.6) is 0 Å². The van der Waals surface area contributed by atoms with Crippen LogP contribution >= 0.6 is 0 Å². The Labute approximate surface area is 391 Å². The molecule has 0 saturated carbocycles. The Kier molecular flexibility index (Phi) is 50.3. The first-order chi connectivity index (χ1) is 31.0. The van der Waals surface area contributed by atoms with Gasteiger partial charge in [-0.05, 0) is 51.4 Å². The predicted octanol–water partition coefficient (Wildman–Crippen LogP) is 18.1. The Morgan fingerprint density at radius 2 is 0.619 bits per heavy atom. The molecule has 0 aliphatic rings. The van der Waals surface area contributed by atoms with Gasteiger partial charge in [-0.2, -0.15) is 0 Å². The summed E-state index contributed by atoms with van der Waals surface area (Å²) in [6.45, 7) is 6.51. The van der Waals surface area contributed by atoms with Crippen LogP contribution in [0.2, 0.25) is 0 Å². The van der Waals surface area contributed by atoms with E-state index in [-0.39, 0.29) is 31.1 Å². The zero-order chi connectivity index (χ0) is 45.8. The van der Waals surface area contributed by atoms with E-state index < -0.39 is 6.10 Å². The predicted molar refractivity (Wildman–Crippen MR) is 270 cm³/mol. The van der Waals surface area contributed by atoms with Gasteiger partial charge in [0.05, 0.1) is 0 Å². The summed E-state index contributed by atoms with van der Waals surface area (Å²) in [7, 11) is 0. The van der Waals surface area contributed by atoms with Crippen LogP contribution in [0.3, 0.4) is 0 Å². The number of hydrogen-bond donors (Lipinski definition) is 0. The van der Waals surface area contributed by atoms with Gasteiger partial charge >= 0.3 is 17.9 Å². The molecule has 0 spiro atoms. The van der Waals surface area contributed by atoms with E-state index in [0.717, 1.165) is 83.5 Å². The van der Waals surface area contributed by atoms with Crippen molar-refractivity contribution >= 4 is 17.9 Å². The fourth-order valence-electron chi connectivity index (χ4n) is 8.05. The monoisotopic (exact) mass is 885 g/mol. The molecular weight excluding hydrogens is 781 g/mol. The maximum atomic E-state index is 12.8. The number of allylic oxidation sites excluding steroid dienone is 6. The second kappa shape index (κ2) is 52.3. The average molecular weight is 885 g/mol. The minimum Gasteiger partial charge on any atom is -0.462 e. The van der Waals surface area contributed by atoms with Crippen LogP contribution in [0, 0.1) is 0 Å². The fourth-order valence-corrected chi connectivity index (χ4v) is 8.05. The molecular formula is C57H104O6. The first kappa shape index (κ1) is 60.6. The first-order valence-electron chi connectivity index (χ1n) is 27.5. The molecule has 0 aromatic rings. The van der Waals surface area contributed by atoms with Gasteiger partial charge in [0.25, 0.3) is 0 Å². The SMILES string of the molecule is CC/C=C\C/C=C\C/C=C\CCCCCC(=O)OC(COC(=O)CCCCCCCCCCC)COC(=O)CCCCCCCCCCCCCCCCCCCCCCCCC. The molecule has 1 atom stereocenters. The van der Waals surface area contributed by atoms with Gasteiger partial charge in [0.1, 0.15) is 13.2 Å². The highest BCUT2D eigenvalue weighted by Gasteiger charge is 2.19. The van der Waals surface area contributed by atoms with Crippen LogP contribution in [0.1, 0.15) is 290 Å². The van der Waals surface area contributed by atoms with E-state index in [1.165, 1.54) is 167 Å². The molecule has 0 fully saturated rings. The molecule has 1 unspecified atom stereocenters. The highest BCUT2D eigenvalue weighted by Crippen LogP contribution is 2.17. The van der Waals surface area contributed by atoms with E-state index in [1.807, 2.05) is 0 Å². The van der Waals surface area contributed by atoms with Crippen LogP contribution in [-0.4, -0.2) is 37.2 Å². The highest BCUT2D eigenvalue weighted by atomic mass is 16.6. The van der Waals surface area contributed by atoms with Gasteiger partial charge < -0.3 is 14.2 Å². The lowest BCUT2D eigenvalue weighted by Crippen LogP contribution is -2.30. The van der Waals surface area contributed by atoms with Crippen LogP contribution in [0.15, 0.2) is 36.5 Å². The molecule has 63 heavy (non-hydrogen) atoms. The Morgan fingerprint density at radius 3 is 0.968 bits per heavy atom. The summed E-state index contributed by atoms with van der Waals surface area (Å²) in [4.78, 5) is 37.9. The lowest BCUT2D eigenvalue weighted by molar-refractivity contribution is -0.167. The molecule has 0 N–H and O–H groups in total. The third-order valence-corrected chi connectivity index (χ3v) is 12.2. The molecule has 0 aromatic carbocycles. The molecule has 0 heterocycles. The van der Waals surface area contributed by atoms with Crippen molar-refractivity contribution in [1.29, 1.82) is 0 Å². The number of hydrogen-bond acceptors (Lipinski definition) is 6. The quantitative estimate of drug-likeness (QED) is 0.0262. The summed E-state index contributed by atoms with van der Waals surface area (Å²) in [5.74, 6) is -0.900. The fraction of sp³-hybridized carbons (Fsp3) is 0.842. The minimum atomic E-state index is -0.781. The van der Waals surface area contributed by atoms with Crippen molar-refractivity contribution < 1.29 is 28.6 Å². The lowest BCUT2D eigenvalue weighted by atomic mass is 10.0. The van der Waals surface area contributed by atoms with Crippen molar-refractivity contribution in [3.8, 4) is 0 Å². The number of carbonyl (C=O) groups is 3. The van der Waals surface area contributed by atoms with Crippen molar-refractivity contribution in [3.63, 3.8) is 0 Å². The van der Waals surface area contributed by atoms with Crippen LogP contribution < -0.4 is 0 Å². The van der Waals surface area contributed by atoms with Gasteiger partial charge in [0.15, 0.2) is 6.10 Å². The second-order valence-electron chi connectivity index (χ2n) is 18.5. The van der Waals surface area contributed by atoms with E-state index in [2.05, 4.69) is 57.2 Å². The molecule has 6 heteroatoms. The van der Waals surface area contributed by atoms with Gasteiger partial charge in [-0.3, -0.25) is 14.4 Å². The molecule has 0 aliphatic heterocycles. The maximum Gasteiger partial charge on any atom is 0.306 e. The van der Waals surface area contributed by atoms with Crippen LogP contribution in [0.4, 0.5) is 0 Å². The van der Waals surface area contributed by atoms with Crippen molar-refractivity contribution in [1.82, 2.24) is 0 Å². The molecule has 0 amide bonds. The summed E-state index contributed by atoms with van der Waals surface area (Å²) in [6, 6.07) is 0.